The summed E-state index contributed by atoms with van der Waals surface area (Å²) >= 11 is 0. The zero-order chi connectivity index (χ0) is 16.8. The number of hydrogen-bond acceptors (Lipinski definition) is 4. The van der Waals surface area contributed by atoms with Gasteiger partial charge < -0.3 is 15.2 Å². The van der Waals surface area contributed by atoms with E-state index in [0.717, 1.165) is 0 Å². The second-order valence-corrected chi connectivity index (χ2v) is 5.00. The molecule has 2 amide bonds. The number of aliphatic carboxylic acids is 1. The summed E-state index contributed by atoms with van der Waals surface area (Å²) in [5.41, 5.74) is 0.499. The van der Waals surface area contributed by atoms with Gasteiger partial charge in [0.2, 0.25) is 5.91 Å². The third-order valence-corrected chi connectivity index (χ3v) is 3.35. The van der Waals surface area contributed by atoms with Crippen molar-refractivity contribution >= 4 is 23.5 Å². The van der Waals surface area contributed by atoms with Crippen molar-refractivity contribution in [3.8, 4) is 5.75 Å². The molecule has 23 heavy (non-hydrogen) atoms. The third-order valence-electron chi connectivity index (χ3n) is 3.35. The van der Waals surface area contributed by atoms with Crippen LogP contribution in [0, 0.1) is 0 Å². The first-order valence-electron chi connectivity index (χ1n) is 7.18. The van der Waals surface area contributed by atoms with Gasteiger partial charge in [0.15, 0.2) is 6.61 Å². The zero-order valence-electron chi connectivity index (χ0n) is 12.7. The Morgan fingerprint density at radius 2 is 2.17 bits per heavy atom. The fourth-order valence-electron chi connectivity index (χ4n) is 2.20. The van der Waals surface area contributed by atoms with Crippen LogP contribution in [0.2, 0.25) is 0 Å². The summed E-state index contributed by atoms with van der Waals surface area (Å²) in [5.74, 6) is -1.49. The SMILES string of the molecule is C/C=C/CC(NC(=O)CN1C(=O)COc2ccccc21)C(=O)O. The number of carbonyl (C=O) groups is 3. The molecule has 1 aliphatic heterocycles. The second kappa shape index (κ2) is 7.44. The lowest BCUT2D eigenvalue weighted by Gasteiger charge is -2.29. The van der Waals surface area contributed by atoms with Crippen LogP contribution in [0.25, 0.3) is 0 Å². The van der Waals surface area contributed by atoms with Crippen molar-refractivity contribution < 1.29 is 24.2 Å². The number of ether oxygens (including phenoxy) is 1. The number of nitrogens with zero attached hydrogens (tertiary/aromatic N) is 1. The highest BCUT2D eigenvalue weighted by molar-refractivity contribution is 6.02. The standard InChI is InChI=1S/C16H18N2O5/c1-2-3-6-11(16(21)22)17-14(19)9-18-12-7-4-5-8-13(12)23-10-15(18)20/h2-5,7-8,11H,6,9-10H2,1H3,(H,17,19)(H,21,22)/b3-2+. The molecule has 2 N–H and O–H groups in total. The molecule has 1 aromatic rings. The van der Waals surface area contributed by atoms with Gasteiger partial charge in [-0.2, -0.15) is 0 Å². The first-order valence-corrected chi connectivity index (χ1v) is 7.18. The Labute approximate surface area is 133 Å². The van der Waals surface area contributed by atoms with E-state index in [1.807, 2.05) is 0 Å². The van der Waals surface area contributed by atoms with Crippen molar-refractivity contribution in [1.29, 1.82) is 0 Å². The number of benzene rings is 1. The molecule has 0 spiro atoms. The lowest BCUT2D eigenvalue weighted by atomic mass is 10.2. The van der Waals surface area contributed by atoms with Crippen LogP contribution in [-0.4, -0.2) is 42.1 Å². The monoisotopic (exact) mass is 318 g/mol. The smallest absolute Gasteiger partial charge is 0.326 e. The minimum Gasteiger partial charge on any atom is -0.482 e. The first kappa shape index (κ1) is 16.5. The molecule has 0 saturated heterocycles. The largest absolute Gasteiger partial charge is 0.482 e. The number of carboxylic acids is 1. The molecule has 7 heteroatoms. The maximum atomic E-state index is 12.1. The fourth-order valence-corrected chi connectivity index (χ4v) is 2.20. The van der Waals surface area contributed by atoms with E-state index in [-0.39, 0.29) is 25.5 Å². The summed E-state index contributed by atoms with van der Waals surface area (Å²) in [7, 11) is 0. The number of fused-ring (bicyclic) bond motifs is 1. The molecule has 1 heterocycles. The molecule has 0 fully saturated rings. The average Bonchev–Trinajstić information content (AvgIpc) is 2.54. The van der Waals surface area contributed by atoms with Gasteiger partial charge in [0.05, 0.1) is 5.69 Å². The zero-order valence-corrected chi connectivity index (χ0v) is 12.7. The van der Waals surface area contributed by atoms with Gasteiger partial charge in [-0.25, -0.2) is 4.79 Å². The van der Waals surface area contributed by atoms with Crippen molar-refractivity contribution in [2.24, 2.45) is 0 Å². The molecular weight excluding hydrogens is 300 g/mol. The molecule has 2 rings (SSSR count). The highest BCUT2D eigenvalue weighted by Gasteiger charge is 2.28. The van der Waals surface area contributed by atoms with E-state index < -0.39 is 17.9 Å². The number of carboxylic acid groups (broad SMARTS) is 1. The fraction of sp³-hybridized carbons (Fsp3) is 0.312. The van der Waals surface area contributed by atoms with E-state index in [2.05, 4.69) is 5.32 Å². The normalized spacial score (nSPS) is 15.0. The van der Waals surface area contributed by atoms with Crippen LogP contribution < -0.4 is 15.0 Å². The van der Waals surface area contributed by atoms with Crippen LogP contribution in [0.1, 0.15) is 13.3 Å². The van der Waals surface area contributed by atoms with Gasteiger partial charge >= 0.3 is 5.97 Å². The van der Waals surface area contributed by atoms with Crippen LogP contribution in [0.3, 0.4) is 0 Å². The first-order chi connectivity index (χ1) is 11.0. The van der Waals surface area contributed by atoms with Gasteiger partial charge in [-0.15, -0.1) is 0 Å². The molecule has 0 radical (unpaired) electrons. The van der Waals surface area contributed by atoms with Crippen LogP contribution >= 0.6 is 0 Å². The summed E-state index contributed by atoms with van der Waals surface area (Å²) in [4.78, 5) is 36.5. The van der Waals surface area contributed by atoms with E-state index >= 15 is 0 Å². The number of para-hydroxylation sites is 2. The van der Waals surface area contributed by atoms with Crippen molar-refractivity contribution in [3.63, 3.8) is 0 Å². The predicted octanol–water partition coefficient (Wildman–Crippen LogP) is 0.948. The van der Waals surface area contributed by atoms with E-state index in [1.165, 1.54) is 4.90 Å². The minimum absolute atomic E-state index is 0.148. The van der Waals surface area contributed by atoms with E-state index in [9.17, 15) is 14.4 Å². The quantitative estimate of drug-likeness (QED) is 0.761. The summed E-state index contributed by atoms with van der Waals surface area (Å²) in [6.07, 6.45) is 3.56. The molecule has 0 aliphatic carbocycles. The lowest BCUT2D eigenvalue weighted by Crippen LogP contribution is -2.49. The van der Waals surface area contributed by atoms with Gasteiger partial charge in [0, 0.05) is 0 Å². The van der Waals surface area contributed by atoms with Crippen molar-refractivity contribution in [2.75, 3.05) is 18.1 Å². The van der Waals surface area contributed by atoms with Crippen molar-refractivity contribution in [2.45, 2.75) is 19.4 Å². The molecule has 1 aromatic carbocycles. The van der Waals surface area contributed by atoms with Crippen molar-refractivity contribution in [3.05, 3.63) is 36.4 Å². The molecule has 122 valence electrons. The molecule has 0 aromatic heterocycles. The number of carbonyl (C=O) groups excluding carboxylic acids is 2. The van der Waals surface area contributed by atoms with E-state index in [1.54, 1.807) is 43.3 Å². The Morgan fingerprint density at radius 1 is 1.43 bits per heavy atom. The molecular formula is C16H18N2O5. The molecule has 1 aliphatic rings. The summed E-state index contributed by atoms with van der Waals surface area (Å²) in [5, 5.41) is 11.5. The molecule has 0 saturated carbocycles. The summed E-state index contributed by atoms with van der Waals surface area (Å²) < 4.78 is 5.29. The molecule has 7 nitrogen and oxygen atoms in total. The average molecular weight is 318 g/mol. The molecule has 1 atom stereocenters. The van der Waals surface area contributed by atoms with Crippen LogP contribution in [0.5, 0.6) is 5.75 Å². The van der Waals surface area contributed by atoms with Crippen LogP contribution in [0.4, 0.5) is 5.69 Å². The highest BCUT2D eigenvalue weighted by atomic mass is 16.5. The Balaban J connectivity index is 2.07. The number of amides is 2. The van der Waals surface area contributed by atoms with E-state index in [4.69, 9.17) is 9.84 Å². The third kappa shape index (κ3) is 4.09. The van der Waals surface area contributed by atoms with Crippen LogP contribution in [-0.2, 0) is 14.4 Å². The van der Waals surface area contributed by atoms with Gasteiger partial charge in [0.1, 0.15) is 18.3 Å². The molecule has 1 unspecified atom stereocenters. The number of rotatable bonds is 6. The van der Waals surface area contributed by atoms with Crippen LogP contribution in [0.15, 0.2) is 36.4 Å². The second-order valence-electron chi connectivity index (χ2n) is 5.00. The Morgan fingerprint density at radius 3 is 2.87 bits per heavy atom. The Hall–Kier alpha value is -2.83. The maximum absolute atomic E-state index is 12.1. The van der Waals surface area contributed by atoms with Gasteiger partial charge in [-0.3, -0.25) is 14.5 Å². The summed E-state index contributed by atoms with van der Waals surface area (Å²) in [6.45, 7) is 1.37. The Kier molecular flexibility index (Phi) is 5.35. The van der Waals surface area contributed by atoms with Gasteiger partial charge in [-0.1, -0.05) is 24.3 Å². The number of nitrogens with one attached hydrogen (secondary N) is 1. The van der Waals surface area contributed by atoms with Crippen molar-refractivity contribution in [1.82, 2.24) is 5.32 Å². The Bertz CT molecular complexity index is 641. The number of allylic oxidation sites excluding steroid dienone is 1. The minimum atomic E-state index is -1.12. The summed E-state index contributed by atoms with van der Waals surface area (Å²) in [6, 6.07) is 5.86. The number of hydrogen-bond donors (Lipinski definition) is 2. The topological polar surface area (TPSA) is 95.9 Å². The predicted molar refractivity (Wildman–Crippen MR) is 83.3 cm³/mol. The van der Waals surface area contributed by atoms with Gasteiger partial charge in [0.25, 0.3) is 5.91 Å². The number of anilines is 1. The molecule has 0 bridgehead atoms. The lowest BCUT2D eigenvalue weighted by molar-refractivity contribution is -0.141. The van der Waals surface area contributed by atoms with E-state index in [0.29, 0.717) is 11.4 Å². The maximum Gasteiger partial charge on any atom is 0.326 e. The van der Waals surface area contributed by atoms with Gasteiger partial charge in [-0.05, 0) is 25.5 Å². The highest BCUT2D eigenvalue weighted by Crippen LogP contribution is 2.31.